The van der Waals surface area contributed by atoms with Gasteiger partial charge in [0.15, 0.2) is 0 Å². The first kappa shape index (κ1) is 21.2. The van der Waals surface area contributed by atoms with Crippen molar-refractivity contribution in [3.05, 3.63) is 34.2 Å². The normalized spacial score (nSPS) is 30.3. The maximum absolute atomic E-state index is 12.4. The van der Waals surface area contributed by atoms with Gasteiger partial charge in [-0.25, -0.2) is 0 Å². The Morgan fingerprint density at radius 2 is 2.04 bits per heavy atom. The molecule has 146 valence electrons. The number of nitrogens with zero attached hydrogens (tertiary/aromatic N) is 1. The van der Waals surface area contributed by atoms with Crippen molar-refractivity contribution in [2.45, 2.75) is 37.8 Å². The number of aromatic amines is 1. The standard InChI is InChI=1S/C18H26N4O2.2ClH/c23-17-14(4-3-6-20-17)18(24)21-11-16-13-8-12(9-19-10-13)15-5-1-2-7-22(15)16;;/h3-4,6,12-13,15-16,19H,1-2,5,7-11H2,(H,20,23)(H,21,24);2*1H/t12-,13+,15+,16+;;/m1../s1. The highest BCUT2D eigenvalue weighted by atomic mass is 35.5. The van der Waals surface area contributed by atoms with Crippen LogP contribution in [0.15, 0.2) is 23.1 Å². The molecule has 8 heteroatoms. The van der Waals surface area contributed by atoms with Crippen molar-refractivity contribution < 1.29 is 4.79 Å². The molecule has 0 spiro atoms. The van der Waals surface area contributed by atoms with Crippen LogP contribution < -0.4 is 16.2 Å². The highest BCUT2D eigenvalue weighted by Gasteiger charge is 2.45. The quantitative estimate of drug-likeness (QED) is 0.714. The molecule has 0 radical (unpaired) electrons. The maximum Gasteiger partial charge on any atom is 0.260 e. The second-order valence-electron chi connectivity index (χ2n) is 7.41. The molecular formula is C18H28Cl2N4O2. The van der Waals surface area contributed by atoms with E-state index in [4.69, 9.17) is 0 Å². The lowest BCUT2D eigenvalue weighted by atomic mass is 9.73. The molecule has 3 fully saturated rings. The van der Waals surface area contributed by atoms with E-state index in [0.717, 1.165) is 25.6 Å². The van der Waals surface area contributed by atoms with E-state index in [1.165, 1.54) is 25.7 Å². The Balaban J connectivity index is 0.00000121. The summed E-state index contributed by atoms with van der Waals surface area (Å²) in [4.78, 5) is 29.4. The second kappa shape index (κ2) is 9.22. The first-order valence-electron chi connectivity index (χ1n) is 9.16. The molecule has 0 aliphatic carbocycles. The van der Waals surface area contributed by atoms with E-state index in [1.807, 2.05) is 0 Å². The molecule has 3 aliphatic heterocycles. The van der Waals surface area contributed by atoms with Crippen molar-refractivity contribution in [2.75, 3.05) is 26.2 Å². The number of hydrogen-bond acceptors (Lipinski definition) is 4. The fourth-order valence-electron chi connectivity index (χ4n) is 4.94. The Bertz CT molecular complexity index is 669. The van der Waals surface area contributed by atoms with Gasteiger partial charge in [-0.3, -0.25) is 14.5 Å². The molecule has 4 rings (SSSR count). The smallest absolute Gasteiger partial charge is 0.260 e. The van der Waals surface area contributed by atoms with Crippen molar-refractivity contribution in [1.82, 2.24) is 20.5 Å². The van der Waals surface area contributed by atoms with E-state index in [1.54, 1.807) is 18.3 Å². The van der Waals surface area contributed by atoms with Gasteiger partial charge in [0.25, 0.3) is 11.5 Å². The third-order valence-electron chi connectivity index (χ3n) is 6.06. The first-order chi connectivity index (χ1) is 11.7. The summed E-state index contributed by atoms with van der Waals surface area (Å²) in [6, 6.07) is 4.31. The van der Waals surface area contributed by atoms with Crippen LogP contribution in [0.1, 0.15) is 36.0 Å². The summed E-state index contributed by atoms with van der Waals surface area (Å²) in [6.45, 7) is 3.94. The summed E-state index contributed by atoms with van der Waals surface area (Å²) in [5.41, 5.74) is -0.128. The Hall–Kier alpha value is -1.08. The summed E-state index contributed by atoms with van der Waals surface area (Å²) in [5.74, 6) is 1.08. The van der Waals surface area contributed by atoms with Crippen LogP contribution in [0.25, 0.3) is 0 Å². The number of hydrogen-bond donors (Lipinski definition) is 3. The summed E-state index contributed by atoms with van der Waals surface area (Å²) < 4.78 is 0. The van der Waals surface area contributed by atoms with Crippen molar-refractivity contribution in [1.29, 1.82) is 0 Å². The minimum absolute atomic E-state index is 0. The molecule has 3 N–H and O–H groups in total. The zero-order valence-electron chi connectivity index (χ0n) is 14.8. The zero-order chi connectivity index (χ0) is 16.5. The van der Waals surface area contributed by atoms with E-state index in [0.29, 0.717) is 24.5 Å². The molecule has 0 aromatic carbocycles. The van der Waals surface area contributed by atoms with Crippen LogP contribution in [0.2, 0.25) is 0 Å². The zero-order valence-corrected chi connectivity index (χ0v) is 16.4. The largest absolute Gasteiger partial charge is 0.350 e. The van der Waals surface area contributed by atoms with Gasteiger partial charge in [-0.15, -0.1) is 24.8 Å². The van der Waals surface area contributed by atoms with Gasteiger partial charge in [-0.1, -0.05) is 6.42 Å². The third kappa shape index (κ3) is 4.09. The van der Waals surface area contributed by atoms with Gasteiger partial charge in [0.1, 0.15) is 5.56 Å². The number of rotatable bonds is 3. The highest BCUT2D eigenvalue weighted by molar-refractivity contribution is 5.93. The number of H-pyrrole nitrogens is 1. The Kier molecular flexibility index (Phi) is 7.52. The number of nitrogens with one attached hydrogen (secondary N) is 3. The fourth-order valence-corrected chi connectivity index (χ4v) is 4.94. The van der Waals surface area contributed by atoms with E-state index >= 15 is 0 Å². The maximum atomic E-state index is 12.4. The molecule has 0 saturated carbocycles. The van der Waals surface area contributed by atoms with Crippen LogP contribution >= 0.6 is 24.8 Å². The molecule has 3 aliphatic rings. The van der Waals surface area contributed by atoms with Gasteiger partial charge in [-0.05, 0) is 62.9 Å². The number of pyridine rings is 1. The van der Waals surface area contributed by atoms with Crippen molar-refractivity contribution >= 4 is 30.7 Å². The van der Waals surface area contributed by atoms with E-state index < -0.39 is 0 Å². The monoisotopic (exact) mass is 402 g/mol. The van der Waals surface area contributed by atoms with Crippen molar-refractivity contribution in [3.63, 3.8) is 0 Å². The predicted molar refractivity (Wildman–Crippen MR) is 106 cm³/mol. The summed E-state index contributed by atoms with van der Waals surface area (Å²) in [6.07, 6.45) is 6.67. The van der Waals surface area contributed by atoms with Gasteiger partial charge >= 0.3 is 0 Å². The molecule has 3 saturated heterocycles. The molecule has 26 heavy (non-hydrogen) atoms. The number of carbonyl (C=O) groups is 1. The lowest BCUT2D eigenvalue weighted by molar-refractivity contribution is -0.0371. The van der Waals surface area contributed by atoms with Crippen molar-refractivity contribution in [2.24, 2.45) is 11.8 Å². The first-order valence-corrected chi connectivity index (χ1v) is 9.16. The predicted octanol–water partition coefficient (Wildman–Crippen LogP) is 1.41. The molecule has 1 aromatic heterocycles. The minimum Gasteiger partial charge on any atom is -0.350 e. The van der Waals surface area contributed by atoms with Crippen LogP contribution in [0.5, 0.6) is 0 Å². The summed E-state index contributed by atoms with van der Waals surface area (Å²) >= 11 is 0. The molecule has 0 unspecified atom stereocenters. The number of aromatic nitrogens is 1. The SMILES string of the molecule is Cl.Cl.O=C(NC[C@H]1[C@@H]2CNC[C@@H](C2)[C@@H]2CCCCN21)c1ccc[nH]c1=O. The molecule has 4 atom stereocenters. The molecule has 2 bridgehead atoms. The average Bonchev–Trinajstić information content (AvgIpc) is 2.62. The number of piperidine rings is 3. The topological polar surface area (TPSA) is 77.2 Å². The molecule has 1 aromatic rings. The number of halogens is 2. The van der Waals surface area contributed by atoms with E-state index in [9.17, 15) is 9.59 Å². The minimum atomic E-state index is -0.325. The number of carbonyl (C=O) groups excluding carboxylic acids is 1. The third-order valence-corrected chi connectivity index (χ3v) is 6.06. The number of fused-ring (bicyclic) bond motifs is 4. The number of amides is 1. The lowest BCUT2D eigenvalue weighted by Gasteiger charge is -2.55. The van der Waals surface area contributed by atoms with Crippen LogP contribution in [0.4, 0.5) is 0 Å². The Labute approximate surface area is 166 Å². The summed E-state index contributed by atoms with van der Waals surface area (Å²) in [7, 11) is 0. The Morgan fingerprint density at radius 3 is 2.85 bits per heavy atom. The van der Waals surface area contributed by atoms with E-state index in [2.05, 4.69) is 20.5 Å². The van der Waals surface area contributed by atoms with Crippen LogP contribution in [-0.2, 0) is 0 Å². The van der Waals surface area contributed by atoms with Crippen molar-refractivity contribution in [3.8, 4) is 0 Å². The van der Waals surface area contributed by atoms with Gasteiger partial charge in [0, 0.05) is 24.8 Å². The van der Waals surface area contributed by atoms with E-state index in [-0.39, 0.29) is 41.8 Å². The molecule has 4 heterocycles. The molecular weight excluding hydrogens is 375 g/mol. The second-order valence-corrected chi connectivity index (χ2v) is 7.41. The fraction of sp³-hybridized carbons (Fsp3) is 0.667. The Morgan fingerprint density at radius 1 is 1.23 bits per heavy atom. The summed E-state index contributed by atoms with van der Waals surface area (Å²) in [5, 5.41) is 6.60. The molecule has 6 nitrogen and oxygen atoms in total. The van der Waals surface area contributed by atoms with Crippen LogP contribution in [0.3, 0.4) is 0 Å². The molecule has 1 amide bonds. The van der Waals surface area contributed by atoms with Gasteiger partial charge in [0.2, 0.25) is 0 Å². The van der Waals surface area contributed by atoms with Crippen LogP contribution in [0, 0.1) is 11.8 Å². The van der Waals surface area contributed by atoms with Gasteiger partial charge in [0.05, 0.1) is 0 Å². The van der Waals surface area contributed by atoms with Gasteiger partial charge in [-0.2, -0.15) is 0 Å². The highest BCUT2D eigenvalue weighted by Crippen LogP contribution is 2.38. The van der Waals surface area contributed by atoms with Crippen LogP contribution in [-0.4, -0.2) is 54.1 Å². The van der Waals surface area contributed by atoms with Gasteiger partial charge < -0.3 is 15.6 Å². The lowest BCUT2D eigenvalue weighted by Crippen LogP contribution is -2.65. The average molecular weight is 403 g/mol.